The molecule has 0 bridgehead atoms. The van der Waals surface area contributed by atoms with E-state index in [0.29, 0.717) is 22.9 Å². The van der Waals surface area contributed by atoms with Gasteiger partial charge in [-0.15, -0.1) is 0 Å². The van der Waals surface area contributed by atoms with Gasteiger partial charge < -0.3 is 14.8 Å². The Morgan fingerprint density at radius 3 is 2.48 bits per heavy atom. The highest BCUT2D eigenvalue weighted by Gasteiger charge is 2.17. The lowest BCUT2D eigenvalue weighted by Gasteiger charge is -2.14. The number of fused-ring (bicyclic) bond motifs is 1. The van der Waals surface area contributed by atoms with E-state index in [1.807, 2.05) is 13.8 Å². The predicted octanol–water partition coefficient (Wildman–Crippen LogP) is 3.59. The number of amides is 1. The number of hydrogen-bond acceptors (Lipinski definition) is 5. The third-order valence-electron chi connectivity index (χ3n) is 4.52. The standard InChI is InChI=1S/C22H23F2N3O4/c1-13(2)12-27-21(29)16-7-5-4-6-15(16)19(26-27)20(28)25-11-14-8-9-17(31-22(23)24)18(10-14)30-3/h4-10,13,22H,11-12H2,1-3H3,(H,25,28). The Balaban J connectivity index is 1.87. The summed E-state index contributed by atoms with van der Waals surface area (Å²) in [6.07, 6.45) is 0. The third-order valence-corrected chi connectivity index (χ3v) is 4.52. The number of rotatable bonds is 8. The van der Waals surface area contributed by atoms with Gasteiger partial charge in [-0.3, -0.25) is 9.59 Å². The fourth-order valence-electron chi connectivity index (χ4n) is 3.15. The number of ether oxygens (including phenoxy) is 2. The number of carbonyl (C=O) groups is 1. The number of benzene rings is 2. The third kappa shape index (κ3) is 5.17. The largest absolute Gasteiger partial charge is 0.493 e. The average molecular weight is 431 g/mol. The zero-order valence-corrected chi connectivity index (χ0v) is 17.4. The molecule has 0 aliphatic rings. The molecule has 164 valence electrons. The first-order valence-corrected chi connectivity index (χ1v) is 9.70. The van der Waals surface area contributed by atoms with Crippen LogP contribution in [0.2, 0.25) is 0 Å². The van der Waals surface area contributed by atoms with Crippen molar-refractivity contribution in [3.63, 3.8) is 0 Å². The van der Waals surface area contributed by atoms with Crippen LogP contribution in [0.3, 0.4) is 0 Å². The summed E-state index contributed by atoms with van der Waals surface area (Å²) in [5.41, 5.74) is 0.507. The van der Waals surface area contributed by atoms with Crippen LogP contribution in [0.25, 0.3) is 10.8 Å². The summed E-state index contributed by atoms with van der Waals surface area (Å²) >= 11 is 0. The molecule has 31 heavy (non-hydrogen) atoms. The van der Waals surface area contributed by atoms with E-state index in [-0.39, 0.29) is 35.2 Å². The van der Waals surface area contributed by atoms with E-state index in [1.54, 1.807) is 30.3 Å². The summed E-state index contributed by atoms with van der Waals surface area (Å²) in [6, 6.07) is 11.2. The van der Waals surface area contributed by atoms with Crippen LogP contribution in [0.5, 0.6) is 11.5 Å². The normalized spacial score (nSPS) is 11.2. The molecule has 0 aliphatic carbocycles. The maximum Gasteiger partial charge on any atom is 0.387 e. The maximum atomic E-state index is 12.9. The van der Waals surface area contributed by atoms with Crippen molar-refractivity contribution in [2.24, 2.45) is 5.92 Å². The van der Waals surface area contributed by atoms with E-state index in [4.69, 9.17) is 4.74 Å². The monoisotopic (exact) mass is 431 g/mol. The second kappa shape index (κ2) is 9.55. The summed E-state index contributed by atoms with van der Waals surface area (Å²) in [6.45, 7) is 1.42. The Labute approximate surface area is 177 Å². The number of nitrogens with one attached hydrogen (secondary N) is 1. The van der Waals surface area contributed by atoms with Gasteiger partial charge in [0.25, 0.3) is 11.5 Å². The minimum absolute atomic E-state index is 0.0963. The van der Waals surface area contributed by atoms with Gasteiger partial charge in [-0.05, 0) is 29.7 Å². The quantitative estimate of drug-likeness (QED) is 0.589. The molecule has 0 atom stereocenters. The molecule has 9 heteroatoms. The van der Waals surface area contributed by atoms with Crippen LogP contribution in [-0.4, -0.2) is 29.4 Å². The van der Waals surface area contributed by atoms with Gasteiger partial charge in [0.15, 0.2) is 17.2 Å². The molecular formula is C22H23F2N3O4. The van der Waals surface area contributed by atoms with Gasteiger partial charge in [0.2, 0.25) is 0 Å². The number of methoxy groups -OCH3 is 1. The summed E-state index contributed by atoms with van der Waals surface area (Å²) in [5, 5.41) is 7.93. The highest BCUT2D eigenvalue weighted by atomic mass is 19.3. The molecule has 0 fully saturated rings. The summed E-state index contributed by atoms with van der Waals surface area (Å²) in [7, 11) is 1.34. The van der Waals surface area contributed by atoms with Gasteiger partial charge in [-0.1, -0.05) is 38.1 Å². The zero-order chi connectivity index (χ0) is 22.5. The minimum atomic E-state index is -2.97. The van der Waals surface area contributed by atoms with E-state index in [0.717, 1.165) is 0 Å². The Morgan fingerprint density at radius 2 is 1.84 bits per heavy atom. The maximum absolute atomic E-state index is 12.9. The van der Waals surface area contributed by atoms with Crippen molar-refractivity contribution in [1.29, 1.82) is 0 Å². The van der Waals surface area contributed by atoms with Crippen molar-refractivity contribution >= 4 is 16.7 Å². The number of carbonyl (C=O) groups excluding carboxylic acids is 1. The molecule has 0 unspecified atom stereocenters. The van der Waals surface area contributed by atoms with E-state index < -0.39 is 12.5 Å². The number of halogens is 2. The van der Waals surface area contributed by atoms with Crippen LogP contribution < -0.4 is 20.3 Å². The molecule has 0 radical (unpaired) electrons. The molecule has 0 saturated carbocycles. The van der Waals surface area contributed by atoms with E-state index in [9.17, 15) is 18.4 Å². The molecule has 0 aliphatic heterocycles. The lowest BCUT2D eigenvalue weighted by atomic mass is 10.1. The SMILES string of the molecule is COc1cc(CNC(=O)c2nn(CC(C)C)c(=O)c3ccccc23)ccc1OC(F)F. The van der Waals surface area contributed by atoms with Crippen LogP contribution in [-0.2, 0) is 13.1 Å². The van der Waals surface area contributed by atoms with Crippen molar-refractivity contribution in [3.8, 4) is 11.5 Å². The molecule has 1 amide bonds. The summed E-state index contributed by atoms with van der Waals surface area (Å²) < 4.78 is 35.8. The van der Waals surface area contributed by atoms with Gasteiger partial charge >= 0.3 is 6.61 Å². The predicted molar refractivity (Wildman–Crippen MR) is 112 cm³/mol. The van der Waals surface area contributed by atoms with E-state index in [2.05, 4.69) is 15.2 Å². The molecule has 7 nitrogen and oxygen atoms in total. The molecule has 0 saturated heterocycles. The van der Waals surface area contributed by atoms with Crippen molar-refractivity contribution in [2.45, 2.75) is 33.5 Å². The first-order chi connectivity index (χ1) is 14.8. The van der Waals surface area contributed by atoms with Crippen molar-refractivity contribution in [3.05, 3.63) is 64.1 Å². The fraction of sp³-hybridized carbons (Fsp3) is 0.318. The number of nitrogens with zero attached hydrogens (tertiary/aromatic N) is 2. The first-order valence-electron chi connectivity index (χ1n) is 9.70. The molecule has 1 N–H and O–H groups in total. The van der Waals surface area contributed by atoms with Crippen LogP contribution >= 0.6 is 0 Å². The molecule has 0 spiro atoms. The highest BCUT2D eigenvalue weighted by molar-refractivity contribution is 6.04. The van der Waals surface area contributed by atoms with Gasteiger partial charge in [0.05, 0.1) is 12.5 Å². The molecule has 1 heterocycles. The molecular weight excluding hydrogens is 408 g/mol. The topological polar surface area (TPSA) is 82.5 Å². The lowest BCUT2D eigenvalue weighted by Crippen LogP contribution is -2.31. The number of aromatic nitrogens is 2. The molecule has 2 aromatic carbocycles. The number of alkyl halides is 2. The summed E-state index contributed by atoms with van der Waals surface area (Å²) in [5.74, 6) is -0.258. The second-order valence-electron chi connectivity index (χ2n) is 7.32. The van der Waals surface area contributed by atoms with Gasteiger partial charge in [-0.25, -0.2) is 4.68 Å². The second-order valence-corrected chi connectivity index (χ2v) is 7.32. The van der Waals surface area contributed by atoms with E-state index >= 15 is 0 Å². The van der Waals surface area contributed by atoms with Gasteiger partial charge in [0, 0.05) is 18.5 Å². The van der Waals surface area contributed by atoms with Crippen molar-refractivity contribution in [2.75, 3.05) is 7.11 Å². The first kappa shape index (κ1) is 22.2. The Morgan fingerprint density at radius 1 is 1.13 bits per heavy atom. The van der Waals surface area contributed by atoms with Crippen LogP contribution in [0, 0.1) is 5.92 Å². The Kier molecular flexibility index (Phi) is 6.84. The minimum Gasteiger partial charge on any atom is -0.493 e. The van der Waals surface area contributed by atoms with Gasteiger partial charge in [-0.2, -0.15) is 13.9 Å². The lowest BCUT2D eigenvalue weighted by molar-refractivity contribution is -0.0512. The highest BCUT2D eigenvalue weighted by Crippen LogP contribution is 2.29. The van der Waals surface area contributed by atoms with Crippen molar-refractivity contribution < 1.29 is 23.0 Å². The Hall–Kier alpha value is -3.49. The Bertz CT molecular complexity index is 1150. The molecule has 3 rings (SSSR count). The van der Waals surface area contributed by atoms with Crippen LogP contribution in [0.15, 0.2) is 47.3 Å². The number of hydrogen-bond donors (Lipinski definition) is 1. The average Bonchev–Trinajstić information content (AvgIpc) is 2.74. The molecule has 1 aromatic heterocycles. The fourth-order valence-corrected chi connectivity index (χ4v) is 3.15. The smallest absolute Gasteiger partial charge is 0.387 e. The van der Waals surface area contributed by atoms with Crippen LogP contribution in [0.4, 0.5) is 8.78 Å². The van der Waals surface area contributed by atoms with Crippen molar-refractivity contribution in [1.82, 2.24) is 15.1 Å². The zero-order valence-electron chi connectivity index (χ0n) is 17.4. The summed E-state index contributed by atoms with van der Waals surface area (Å²) in [4.78, 5) is 25.6. The van der Waals surface area contributed by atoms with E-state index in [1.165, 1.54) is 23.9 Å². The van der Waals surface area contributed by atoms with Crippen LogP contribution in [0.1, 0.15) is 29.9 Å². The molecule has 3 aromatic rings. The van der Waals surface area contributed by atoms with Gasteiger partial charge in [0.1, 0.15) is 0 Å².